The van der Waals surface area contributed by atoms with Crippen LogP contribution in [0.25, 0.3) is 0 Å². The van der Waals surface area contributed by atoms with Crippen LogP contribution in [0.4, 0.5) is 5.69 Å². The number of aliphatic hydroxyl groups is 1. The van der Waals surface area contributed by atoms with Crippen molar-refractivity contribution in [3.63, 3.8) is 0 Å². The van der Waals surface area contributed by atoms with Gasteiger partial charge in [-0.05, 0) is 21.5 Å². The number of nitro benzene ring substituents is 1. The second-order valence-corrected chi connectivity index (χ2v) is 8.83. The maximum Gasteiger partial charge on any atom is 0.269 e. The van der Waals surface area contributed by atoms with E-state index in [-0.39, 0.29) is 11.3 Å². The molecule has 0 heterocycles. The summed E-state index contributed by atoms with van der Waals surface area (Å²) in [7, 11) is -3.82. The zero-order chi connectivity index (χ0) is 14.1. The van der Waals surface area contributed by atoms with E-state index in [4.69, 9.17) is 11.6 Å². The molecule has 1 N–H and O–H groups in total. The SMILES string of the molecule is CS(=O)(=O)[C@@](Cl)(Br)[C@H](O)c1cccc([N+](=O)[O-])c1. The third-order valence-electron chi connectivity index (χ3n) is 2.21. The molecule has 0 aliphatic carbocycles. The van der Waals surface area contributed by atoms with Crippen molar-refractivity contribution in [2.45, 2.75) is 9.22 Å². The van der Waals surface area contributed by atoms with E-state index in [0.717, 1.165) is 12.3 Å². The molecule has 0 spiro atoms. The highest BCUT2D eigenvalue weighted by molar-refractivity contribution is 9.12. The number of hydrogen-bond acceptors (Lipinski definition) is 5. The summed E-state index contributed by atoms with van der Waals surface area (Å²) in [4.78, 5) is 9.93. The van der Waals surface area contributed by atoms with Gasteiger partial charge in [-0.25, -0.2) is 8.42 Å². The molecule has 0 saturated carbocycles. The van der Waals surface area contributed by atoms with Crippen molar-refractivity contribution in [3.05, 3.63) is 39.9 Å². The molecule has 0 aliphatic rings. The van der Waals surface area contributed by atoms with Crippen LogP contribution in [0.1, 0.15) is 11.7 Å². The molecule has 6 nitrogen and oxygen atoms in total. The van der Waals surface area contributed by atoms with E-state index in [1.165, 1.54) is 18.2 Å². The molecule has 0 aliphatic heterocycles. The largest absolute Gasteiger partial charge is 0.385 e. The third-order valence-corrected chi connectivity index (χ3v) is 6.67. The molecule has 0 saturated heterocycles. The quantitative estimate of drug-likeness (QED) is 0.504. The molecular formula is C9H9BrClNO5S. The van der Waals surface area contributed by atoms with Gasteiger partial charge in [-0.3, -0.25) is 10.1 Å². The van der Waals surface area contributed by atoms with Crippen LogP contribution < -0.4 is 0 Å². The van der Waals surface area contributed by atoms with Gasteiger partial charge < -0.3 is 5.11 Å². The number of alkyl halides is 2. The molecule has 100 valence electrons. The lowest BCUT2D eigenvalue weighted by Crippen LogP contribution is -2.32. The fraction of sp³-hybridized carbons (Fsp3) is 0.333. The predicted molar refractivity (Wildman–Crippen MR) is 70.4 cm³/mol. The minimum Gasteiger partial charge on any atom is -0.385 e. The summed E-state index contributed by atoms with van der Waals surface area (Å²) in [6.45, 7) is 0. The number of nitro groups is 1. The predicted octanol–water partition coefficient (Wildman–Crippen LogP) is 1.96. The zero-order valence-electron chi connectivity index (χ0n) is 9.08. The van der Waals surface area contributed by atoms with Gasteiger partial charge in [0.15, 0.2) is 9.84 Å². The molecule has 1 aromatic carbocycles. The second kappa shape index (κ2) is 5.12. The Bertz CT molecular complexity index is 574. The molecule has 9 heteroatoms. The van der Waals surface area contributed by atoms with Gasteiger partial charge >= 0.3 is 0 Å². The first-order chi connectivity index (χ1) is 8.07. The highest BCUT2D eigenvalue weighted by Crippen LogP contribution is 2.42. The van der Waals surface area contributed by atoms with E-state index in [0.29, 0.717) is 0 Å². The number of benzene rings is 1. The summed E-state index contributed by atoms with van der Waals surface area (Å²) in [5.74, 6) is 0. The number of halogens is 2. The van der Waals surface area contributed by atoms with Gasteiger partial charge in [-0.2, -0.15) is 0 Å². The van der Waals surface area contributed by atoms with Gasteiger partial charge in [0.25, 0.3) is 5.69 Å². The summed E-state index contributed by atoms with van der Waals surface area (Å²) in [5.41, 5.74) is -0.235. The first-order valence-electron chi connectivity index (χ1n) is 4.57. The van der Waals surface area contributed by atoms with E-state index in [1.54, 1.807) is 0 Å². The van der Waals surface area contributed by atoms with Crippen molar-refractivity contribution in [1.29, 1.82) is 0 Å². The van der Waals surface area contributed by atoms with Crippen LogP contribution in [0, 0.1) is 10.1 Å². The van der Waals surface area contributed by atoms with Crippen LogP contribution in [-0.2, 0) is 9.84 Å². The Balaban J connectivity index is 3.23. The maximum atomic E-state index is 11.4. The van der Waals surface area contributed by atoms with Crippen LogP contribution in [0.5, 0.6) is 0 Å². The Hall–Kier alpha value is -0.700. The smallest absolute Gasteiger partial charge is 0.269 e. The maximum absolute atomic E-state index is 11.4. The van der Waals surface area contributed by atoms with Crippen molar-refractivity contribution in [3.8, 4) is 0 Å². The second-order valence-electron chi connectivity index (χ2n) is 3.59. The molecule has 0 fully saturated rings. The summed E-state index contributed by atoms with van der Waals surface area (Å²) < 4.78 is 20.7. The molecule has 0 bridgehead atoms. The van der Waals surface area contributed by atoms with Crippen molar-refractivity contribution in [1.82, 2.24) is 0 Å². The van der Waals surface area contributed by atoms with Crippen LogP contribution in [0.3, 0.4) is 0 Å². The van der Waals surface area contributed by atoms with Crippen molar-refractivity contribution in [2.75, 3.05) is 6.26 Å². The van der Waals surface area contributed by atoms with Crippen LogP contribution >= 0.6 is 27.5 Å². The average Bonchev–Trinajstić information content (AvgIpc) is 2.26. The van der Waals surface area contributed by atoms with Gasteiger partial charge in [-0.15, -0.1) is 0 Å². The Kier molecular flexibility index (Phi) is 4.37. The lowest BCUT2D eigenvalue weighted by molar-refractivity contribution is -0.385. The molecule has 0 amide bonds. The van der Waals surface area contributed by atoms with E-state index in [9.17, 15) is 23.6 Å². The average molecular weight is 359 g/mol. The monoisotopic (exact) mass is 357 g/mol. The highest BCUT2D eigenvalue weighted by Gasteiger charge is 2.44. The highest BCUT2D eigenvalue weighted by atomic mass is 79.9. The minimum absolute atomic E-state index is 0.0292. The summed E-state index contributed by atoms with van der Waals surface area (Å²) in [6.07, 6.45) is -0.802. The van der Waals surface area contributed by atoms with Crippen LogP contribution in [-0.4, -0.2) is 27.8 Å². The summed E-state index contributed by atoms with van der Waals surface area (Å²) in [6, 6.07) is 4.97. The van der Waals surface area contributed by atoms with Crippen LogP contribution in [0.2, 0.25) is 0 Å². The number of aliphatic hydroxyl groups excluding tert-OH is 1. The number of rotatable bonds is 4. The lowest BCUT2D eigenvalue weighted by Gasteiger charge is -2.24. The fourth-order valence-electron chi connectivity index (χ4n) is 1.21. The van der Waals surface area contributed by atoms with Gasteiger partial charge in [0.1, 0.15) is 6.10 Å². The van der Waals surface area contributed by atoms with Crippen molar-refractivity contribution >= 4 is 43.1 Å². The molecule has 0 unspecified atom stereocenters. The number of hydrogen-bond donors (Lipinski definition) is 1. The van der Waals surface area contributed by atoms with E-state index >= 15 is 0 Å². The molecule has 1 aromatic rings. The minimum atomic E-state index is -3.82. The lowest BCUT2D eigenvalue weighted by atomic mass is 10.1. The van der Waals surface area contributed by atoms with E-state index < -0.39 is 24.0 Å². The van der Waals surface area contributed by atoms with Gasteiger partial charge in [0, 0.05) is 18.4 Å². The zero-order valence-corrected chi connectivity index (χ0v) is 12.2. The molecular weight excluding hydrogens is 350 g/mol. The third kappa shape index (κ3) is 3.00. The summed E-state index contributed by atoms with van der Waals surface area (Å²) >= 11 is 8.46. The Morgan fingerprint density at radius 3 is 2.56 bits per heavy atom. The molecule has 0 aromatic heterocycles. The van der Waals surface area contributed by atoms with Crippen molar-refractivity contribution < 1.29 is 18.4 Å². The first kappa shape index (κ1) is 15.4. The van der Waals surface area contributed by atoms with Crippen LogP contribution in [0.15, 0.2) is 24.3 Å². The standard InChI is InChI=1S/C9H9BrClNO5S/c1-18(16,17)9(10,11)8(13)6-3-2-4-7(5-6)12(14)15/h2-5,8,13H,1H3/t8-,9-/m1/s1. The molecule has 1 rings (SSSR count). The normalized spacial score (nSPS) is 16.9. The van der Waals surface area contributed by atoms with E-state index in [2.05, 4.69) is 15.9 Å². The van der Waals surface area contributed by atoms with E-state index in [1.807, 2.05) is 0 Å². The number of non-ortho nitro benzene ring substituents is 1. The van der Waals surface area contributed by atoms with Gasteiger partial charge in [-0.1, -0.05) is 23.7 Å². The fourth-order valence-corrected chi connectivity index (χ4v) is 2.14. The van der Waals surface area contributed by atoms with Crippen molar-refractivity contribution in [2.24, 2.45) is 0 Å². The Labute approximate surface area is 117 Å². The van der Waals surface area contributed by atoms with Gasteiger partial charge in [0.2, 0.25) is 3.12 Å². The first-order valence-corrected chi connectivity index (χ1v) is 7.63. The number of nitrogens with zero attached hydrogens (tertiary/aromatic N) is 1. The molecule has 18 heavy (non-hydrogen) atoms. The Morgan fingerprint density at radius 1 is 1.56 bits per heavy atom. The number of sulfone groups is 1. The summed E-state index contributed by atoms with van der Waals surface area (Å²) in [5, 5.41) is 20.5. The molecule has 2 atom stereocenters. The van der Waals surface area contributed by atoms with Gasteiger partial charge in [0.05, 0.1) is 4.92 Å². The Morgan fingerprint density at radius 2 is 2.11 bits per heavy atom. The topological polar surface area (TPSA) is 97.5 Å². The molecule has 0 radical (unpaired) electrons.